The van der Waals surface area contributed by atoms with E-state index in [1.807, 2.05) is 36.9 Å². The Balaban J connectivity index is 1.36. The molecule has 2 aromatic carbocycles. The van der Waals surface area contributed by atoms with E-state index >= 15 is 0 Å². The summed E-state index contributed by atoms with van der Waals surface area (Å²) in [5.41, 5.74) is 2.64. The van der Waals surface area contributed by atoms with E-state index in [0.717, 1.165) is 30.8 Å². The van der Waals surface area contributed by atoms with Crippen molar-refractivity contribution >= 4 is 17.7 Å². The number of carbonyl (C=O) groups is 2. The van der Waals surface area contributed by atoms with E-state index in [-0.39, 0.29) is 24.0 Å². The first kappa shape index (κ1) is 32.4. The highest BCUT2D eigenvalue weighted by Gasteiger charge is 2.34. The number of ether oxygens (including phenoxy) is 5. The Bertz CT molecular complexity index is 1190. The van der Waals surface area contributed by atoms with Gasteiger partial charge in [0, 0.05) is 82.6 Å². The molecule has 0 spiro atoms. The fourth-order valence-corrected chi connectivity index (χ4v) is 5.40. The van der Waals surface area contributed by atoms with Gasteiger partial charge in [-0.1, -0.05) is 18.2 Å². The van der Waals surface area contributed by atoms with Crippen molar-refractivity contribution in [2.45, 2.75) is 39.0 Å². The van der Waals surface area contributed by atoms with Crippen molar-refractivity contribution in [2.24, 2.45) is 5.92 Å². The average molecular weight is 599 g/mol. The van der Waals surface area contributed by atoms with Crippen molar-refractivity contribution in [3.05, 3.63) is 53.6 Å². The molecule has 2 aliphatic heterocycles. The predicted molar refractivity (Wildman–Crippen MR) is 164 cm³/mol. The van der Waals surface area contributed by atoms with Gasteiger partial charge in [0.25, 0.3) is 5.91 Å². The van der Waals surface area contributed by atoms with Crippen LogP contribution in [0.5, 0.6) is 11.5 Å². The second-order valence-electron chi connectivity index (χ2n) is 11.1. The molecule has 236 valence electrons. The van der Waals surface area contributed by atoms with Crippen molar-refractivity contribution in [1.82, 2.24) is 15.5 Å². The second-order valence-corrected chi connectivity index (χ2v) is 11.1. The molecular formula is C32H46N4O7. The van der Waals surface area contributed by atoms with Crippen LogP contribution in [0.15, 0.2) is 42.5 Å². The molecule has 4 rings (SSSR count). The number of hydrogen-bond donors (Lipinski definition) is 2. The first-order valence-corrected chi connectivity index (χ1v) is 15.1. The zero-order valence-corrected chi connectivity index (χ0v) is 25.8. The summed E-state index contributed by atoms with van der Waals surface area (Å²) in [5.74, 6) is 0.913. The maximum Gasteiger partial charge on any atom is 0.407 e. The number of hydrogen-bond acceptors (Lipinski definition) is 9. The van der Waals surface area contributed by atoms with Crippen LogP contribution in [0.1, 0.15) is 36.2 Å². The first-order valence-electron chi connectivity index (χ1n) is 15.1. The number of nitrogens with zero attached hydrogens (tertiary/aromatic N) is 2. The summed E-state index contributed by atoms with van der Waals surface area (Å²) in [6, 6.07) is 13.2. The number of benzene rings is 2. The molecule has 2 aliphatic rings. The van der Waals surface area contributed by atoms with Crippen LogP contribution >= 0.6 is 0 Å². The van der Waals surface area contributed by atoms with Crippen LogP contribution in [0.25, 0.3) is 0 Å². The lowest BCUT2D eigenvalue weighted by atomic mass is 10.0. The van der Waals surface area contributed by atoms with E-state index < -0.39 is 6.09 Å². The van der Waals surface area contributed by atoms with Gasteiger partial charge in [-0.05, 0) is 43.7 Å². The summed E-state index contributed by atoms with van der Waals surface area (Å²) in [7, 11) is 3.22. The van der Waals surface area contributed by atoms with E-state index in [1.165, 1.54) is 0 Å². The molecule has 2 N–H and O–H groups in total. The topological polar surface area (TPSA) is 111 Å². The van der Waals surface area contributed by atoms with Gasteiger partial charge in [-0.2, -0.15) is 0 Å². The molecule has 11 heteroatoms. The SMILES string of the molecule is COCCCOc1cc(C(=O)N(C[C@@H]2CNC[C@H]2OC(=O)NCc2ccccc2N2CCOCC2)C(C)C)ccc1OC. The average Bonchev–Trinajstić information content (AvgIpc) is 3.47. The summed E-state index contributed by atoms with van der Waals surface area (Å²) in [6.45, 7) is 10.0. The van der Waals surface area contributed by atoms with E-state index in [0.29, 0.717) is 69.7 Å². The molecule has 2 amide bonds. The summed E-state index contributed by atoms with van der Waals surface area (Å²) in [6.07, 6.45) is -0.109. The van der Waals surface area contributed by atoms with Gasteiger partial charge in [-0.25, -0.2) is 4.79 Å². The quantitative estimate of drug-likeness (QED) is 0.317. The van der Waals surface area contributed by atoms with Crippen LogP contribution in [0.3, 0.4) is 0 Å². The lowest BCUT2D eigenvalue weighted by Crippen LogP contribution is -2.44. The Morgan fingerprint density at radius 1 is 1.07 bits per heavy atom. The Morgan fingerprint density at radius 2 is 1.86 bits per heavy atom. The minimum Gasteiger partial charge on any atom is -0.493 e. The highest BCUT2D eigenvalue weighted by atomic mass is 16.6. The maximum atomic E-state index is 13.7. The molecule has 0 aromatic heterocycles. The lowest BCUT2D eigenvalue weighted by Gasteiger charge is -2.31. The number of rotatable bonds is 14. The van der Waals surface area contributed by atoms with Crippen molar-refractivity contribution in [3.63, 3.8) is 0 Å². The third-order valence-electron chi connectivity index (χ3n) is 7.78. The van der Waals surface area contributed by atoms with Gasteiger partial charge in [0.15, 0.2) is 11.5 Å². The van der Waals surface area contributed by atoms with Crippen LogP contribution in [-0.4, -0.2) is 102 Å². The largest absolute Gasteiger partial charge is 0.493 e. The molecule has 2 saturated heterocycles. The molecule has 0 aliphatic carbocycles. The van der Waals surface area contributed by atoms with Crippen LogP contribution in [0.4, 0.5) is 10.5 Å². The van der Waals surface area contributed by atoms with Crippen molar-refractivity contribution in [3.8, 4) is 11.5 Å². The number of carbonyl (C=O) groups excluding carboxylic acids is 2. The number of amides is 2. The molecule has 2 heterocycles. The first-order chi connectivity index (χ1) is 20.9. The minimum atomic E-state index is -0.469. The Labute approximate surface area is 254 Å². The second kappa shape index (κ2) is 16.3. The molecule has 0 saturated carbocycles. The van der Waals surface area contributed by atoms with Gasteiger partial charge >= 0.3 is 6.09 Å². The number of para-hydroxylation sites is 1. The molecular weight excluding hydrogens is 552 g/mol. The molecule has 2 aromatic rings. The third-order valence-corrected chi connectivity index (χ3v) is 7.78. The van der Waals surface area contributed by atoms with Crippen molar-refractivity contribution in [2.75, 3.05) is 78.3 Å². The normalized spacial score (nSPS) is 18.4. The molecule has 2 atom stereocenters. The van der Waals surface area contributed by atoms with Crippen LogP contribution in [-0.2, 0) is 20.8 Å². The molecule has 0 bridgehead atoms. The number of anilines is 1. The maximum absolute atomic E-state index is 13.7. The molecule has 0 radical (unpaired) electrons. The Hall–Kier alpha value is -3.54. The number of morpholine rings is 1. The predicted octanol–water partition coefficient (Wildman–Crippen LogP) is 3.31. The third kappa shape index (κ3) is 8.98. The Kier molecular flexibility index (Phi) is 12.3. The number of alkyl carbamates (subject to hydrolysis) is 1. The molecule has 43 heavy (non-hydrogen) atoms. The summed E-state index contributed by atoms with van der Waals surface area (Å²) in [5, 5.41) is 6.26. The van der Waals surface area contributed by atoms with Gasteiger partial charge in [-0.3, -0.25) is 4.79 Å². The highest BCUT2D eigenvalue weighted by Crippen LogP contribution is 2.29. The number of nitrogens with one attached hydrogen (secondary N) is 2. The van der Waals surface area contributed by atoms with Crippen LogP contribution in [0, 0.1) is 5.92 Å². The number of methoxy groups -OCH3 is 2. The van der Waals surface area contributed by atoms with Gasteiger partial charge < -0.3 is 44.1 Å². The van der Waals surface area contributed by atoms with Gasteiger partial charge in [-0.15, -0.1) is 0 Å². The fourth-order valence-electron chi connectivity index (χ4n) is 5.40. The summed E-state index contributed by atoms with van der Waals surface area (Å²) in [4.78, 5) is 30.7. The van der Waals surface area contributed by atoms with Gasteiger partial charge in [0.1, 0.15) is 6.10 Å². The van der Waals surface area contributed by atoms with E-state index in [2.05, 4.69) is 21.6 Å². The monoisotopic (exact) mass is 598 g/mol. The zero-order chi connectivity index (χ0) is 30.6. The van der Waals surface area contributed by atoms with Crippen molar-refractivity contribution in [1.29, 1.82) is 0 Å². The van der Waals surface area contributed by atoms with Crippen molar-refractivity contribution < 1.29 is 33.3 Å². The van der Waals surface area contributed by atoms with E-state index in [4.69, 9.17) is 23.7 Å². The van der Waals surface area contributed by atoms with Crippen LogP contribution in [0.2, 0.25) is 0 Å². The van der Waals surface area contributed by atoms with Gasteiger partial charge in [0.2, 0.25) is 0 Å². The smallest absolute Gasteiger partial charge is 0.407 e. The Morgan fingerprint density at radius 3 is 2.60 bits per heavy atom. The highest BCUT2D eigenvalue weighted by molar-refractivity contribution is 5.95. The van der Waals surface area contributed by atoms with Crippen LogP contribution < -0.4 is 25.0 Å². The summed E-state index contributed by atoms with van der Waals surface area (Å²) < 4.78 is 27.8. The van der Waals surface area contributed by atoms with E-state index in [1.54, 1.807) is 32.4 Å². The summed E-state index contributed by atoms with van der Waals surface area (Å²) >= 11 is 0. The zero-order valence-electron chi connectivity index (χ0n) is 25.8. The molecule has 11 nitrogen and oxygen atoms in total. The standard InChI is InChI=1S/C32H46N4O7/c1-23(2)36(31(37)24-10-11-28(40-4)29(18-24)42-15-7-14-39-3)22-26-19-33-21-30(26)43-32(38)34-20-25-8-5-6-9-27(25)35-12-16-41-17-13-35/h5-6,8-11,18,23,26,30,33H,7,12-17,19-22H2,1-4H3,(H,34,38)/t26-,30+/m0/s1. The molecule has 2 fully saturated rings. The lowest BCUT2D eigenvalue weighted by molar-refractivity contribution is 0.0521. The molecule has 0 unspecified atom stereocenters. The minimum absolute atomic E-state index is 0.0549. The fraction of sp³-hybridized carbons (Fsp3) is 0.562. The van der Waals surface area contributed by atoms with Gasteiger partial charge in [0.05, 0.1) is 26.9 Å². The van der Waals surface area contributed by atoms with E-state index in [9.17, 15) is 9.59 Å².